The van der Waals surface area contributed by atoms with Crippen molar-refractivity contribution in [2.75, 3.05) is 0 Å². The van der Waals surface area contributed by atoms with Crippen LogP contribution in [0.1, 0.15) is 23.1 Å². The Balaban J connectivity index is 2.18. The van der Waals surface area contributed by atoms with Gasteiger partial charge >= 0.3 is 0 Å². The highest BCUT2D eigenvalue weighted by molar-refractivity contribution is 7.09. The third-order valence-corrected chi connectivity index (χ3v) is 4.07. The lowest BCUT2D eigenvalue weighted by atomic mass is 10.3. The van der Waals surface area contributed by atoms with Crippen molar-refractivity contribution >= 4 is 45.6 Å². The van der Waals surface area contributed by atoms with Crippen molar-refractivity contribution in [2.24, 2.45) is 0 Å². The summed E-state index contributed by atoms with van der Waals surface area (Å²) < 4.78 is 2.08. The van der Waals surface area contributed by atoms with Crippen molar-refractivity contribution in [3.05, 3.63) is 45.6 Å². The minimum atomic E-state index is -0.161. The number of nitrogens with zero attached hydrogens (tertiary/aromatic N) is 3. The first kappa shape index (κ1) is 12.9. The fourth-order valence-corrected chi connectivity index (χ4v) is 2.99. The summed E-state index contributed by atoms with van der Waals surface area (Å²) >= 11 is 13.9. The second-order valence-corrected chi connectivity index (χ2v) is 6.30. The molecular weight excluding hydrogens is 301 g/mol. The Labute approximate surface area is 124 Å². The first-order chi connectivity index (χ1) is 9.15. The summed E-state index contributed by atoms with van der Waals surface area (Å²) in [6.45, 7) is 2.59. The van der Waals surface area contributed by atoms with Crippen LogP contribution in [-0.4, -0.2) is 14.5 Å². The van der Waals surface area contributed by atoms with Crippen molar-refractivity contribution in [1.82, 2.24) is 14.5 Å². The van der Waals surface area contributed by atoms with E-state index in [0.29, 0.717) is 11.6 Å². The van der Waals surface area contributed by atoms with Crippen LogP contribution in [0.4, 0.5) is 0 Å². The van der Waals surface area contributed by atoms with E-state index < -0.39 is 0 Å². The van der Waals surface area contributed by atoms with Gasteiger partial charge in [0.15, 0.2) is 0 Å². The SMILES string of the molecule is CC(Cl)c1nc2ccc(Cl)cc2n1Cc1nccs1. The van der Waals surface area contributed by atoms with Gasteiger partial charge in [-0.1, -0.05) is 11.6 Å². The first-order valence-corrected chi connectivity index (χ1v) is 7.52. The van der Waals surface area contributed by atoms with Crippen LogP contribution in [0, 0.1) is 0 Å². The quantitative estimate of drug-likeness (QED) is 0.667. The Bertz CT molecular complexity index is 704. The van der Waals surface area contributed by atoms with Crippen LogP contribution in [0.5, 0.6) is 0 Å². The molecule has 0 saturated heterocycles. The van der Waals surface area contributed by atoms with E-state index in [9.17, 15) is 0 Å². The molecule has 2 aromatic heterocycles. The Hall–Kier alpha value is -1.10. The molecule has 3 nitrogen and oxygen atoms in total. The molecule has 98 valence electrons. The summed E-state index contributed by atoms with van der Waals surface area (Å²) in [5, 5.41) is 3.52. The standard InChI is InChI=1S/C13H11Cl2N3S/c1-8(14)13-17-10-3-2-9(15)6-11(10)18(13)7-12-16-4-5-19-12/h2-6,8H,7H2,1H3. The predicted octanol–water partition coefficient (Wildman–Crippen LogP) is 4.49. The second kappa shape index (κ2) is 5.12. The van der Waals surface area contributed by atoms with Crippen molar-refractivity contribution in [3.8, 4) is 0 Å². The lowest BCUT2D eigenvalue weighted by molar-refractivity contribution is 0.738. The van der Waals surface area contributed by atoms with E-state index in [0.717, 1.165) is 21.9 Å². The predicted molar refractivity (Wildman–Crippen MR) is 80.2 cm³/mol. The maximum atomic E-state index is 6.23. The van der Waals surface area contributed by atoms with Crippen LogP contribution in [0.3, 0.4) is 0 Å². The molecule has 0 bridgehead atoms. The van der Waals surface area contributed by atoms with Gasteiger partial charge in [-0.2, -0.15) is 0 Å². The fourth-order valence-electron chi connectivity index (χ4n) is 2.05. The molecule has 6 heteroatoms. The number of hydrogen-bond donors (Lipinski definition) is 0. The number of fused-ring (bicyclic) bond motifs is 1. The molecule has 0 fully saturated rings. The third kappa shape index (κ3) is 2.48. The van der Waals surface area contributed by atoms with E-state index in [1.165, 1.54) is 0 Å². The molecule has 0 saturated carbocycles. The Kier molecular flexibility index (Phi) is 3.48. The highest BCUT2D eigenvalue weighted by Gasteiger charge is 2.16. The van der Waals surface area contributed by atoms with Gasteiger partial charge < -0.3 is 4.57 Å². The van der Waals surface area contributed by atoms with E-state index >= 15 is 0 Å². The summed E-state index contributed by atoms with van der Waals surface area (Å²) in [5.41, 5.74) is 1.90. The van der Waals surface area contributed by atoms with Gasteiger partial charge in [-0.3, -0.25) is 0 Å². The van der Waals surface area contributed by atoms with Gasteiger partial charge in [0.1, 0.15) is 10.8 Å². The molecular formula is C13H11Cl2N3S. The van der Waals surface area contributed by atoms with Crippen LogP contribution in [0.15, 0.2) is 29.8 Å². The zero-order valence-corrected chi connectivity index (χ0v) is 12.5. The summed E-state index contributed by atoms with van der Waals surface area (Å²) in [5.74, 6) is 0.842. The summed E-state index contributed by atoms with van der Waals surface area (Å²) in [6, 6.07) is 5.67. The molecule has 2 heterocycles. The summed E-state index contributed by atoms with van der Waals surface area (Å²) in [4.78, 5) is 8.90. The number of aromatic nitrogens is 3. The fraction of sp³-hybridized carbons (Fsp3) is 0.231. The maximum absolute atomic E-state index is 6.23. The Morgan fingerprint density at radius 3 is 2.95 bits per heavy atom. The van der Waals surface area contributed by atoms with Crippen LogP contribution >= 0.6 is 34.5 Å². The largest absolute Gasteiger partial charge is 0.320 e. The number of halogens is 2. The molecule has 0 aliphatic carbocycles. The van der Waals surface area contributed by atoms with Crippen molar-refractivity contribution < 1.29 is 0 Å². The molecule has 0 spiro atoms. The molecule has 0 amide bonds. The second-order valence-electron chi connectivity index (χ2n) is 4.23. The van der Waals surface area contributed by atoms with E-state index in [2.05, 4.69) is 14.5 Å². The van der Waals surface area contributed by atoms with E-state index in [1.807, 2.05) is 30.5 Å². The molecule has 1 unspecified atom stereocenters. The number of rotatable bonds is 3. The average Bonchev–Trinajstić information content (AvgIpc) is 2.98. The van der Waals surface area contributed by atoms with Crippen molar-refractivity contribution in [1.29, 1.82) is 0 Å². The number of benzene rings is 1. The molecule has 1 atom stereocenters. The van der Waals surface area contributed by atoms with E-state index in [-0.39, 0.29) is 5.38 Å². The molecule has 1 aromatic carbocycles. The molecule has 3 aromatic rings. The number of alkyl halides is 1. The smallest absolute Gasteiger partial charge is 0.128 e. The van der Waals surface area contributed by atoms with Gasteiger partial charge in [-0.15, -0.1) is 22.9 Å². The molecule has 0 aliphatic rings. The van der Waals surface area contributed by atoms with Gasteiger partial charge in [0, 0.05) is 16.6 Å². The summed E-state index contributed by atoms with van der Waals surface area (Å²) in [6.07, 6.45) is 1.80. The number of imidazole rings is 1. The molecule has 3 rings (SSSR count). The average molecular weight is 312 g/mol. The van der Waals surface area contributed by atoms with E-state index in [4.69, 9.17) is 23.2 Å². The van der Waals surface area contributed by atoms with Crippen LogP contribution in [0.25, 0.3) is 11.0 Å². The highest BCUT2D eigenvalue weighted by Crippen LogP contribution is 2.27. The normalized spacial score (nSPS) is 13.0. The van der Waals surface area contributed by atoms with Gasteiger partial charge in [-0.25, -0.2) is 9.97 Å². The molecule has 0 radical (unpaired) electrons. The minimum Gasteiger partial charge on any atom is -0.320 e. The van der Waals surface area contributed by atoms with Gasteiger partial charge in [0.25, 0.3) is 0 Å². The Morgan fingerprint density at radius 2 is 2.26 bits per heavy atom. The lowest BCUT2D eigenvalue weighted by Crippen LogP contribution is -2.05. The Morgan fingerprint density at radius 1 is 1.42 bits per heavy atom. The monoisotopic (exact) mass is 311 g/mol. The molecule has 0 N–H and O–H groups in total. The minimum absolute atomic E-state index is 0.161. The van der Waals surface area contributed by atoms with Gasteiger partial charge in [0.2, 0.25) is 0 Å². The maximum Gasteiger partial charge on any atom is 0.128 e. The highest BCUT2D eigenvalue weighted by atomic mass is 35.5. The van der Waals surface area contributed by atoms with Gasteiger partial charge in [0.05, 0.1) is 23.0 Å². The van der Waals surface area contributed by atoms with E-state index in [1.54, 1.807) is 17.5 Å². The third-order valence-electron chi connectivity index (χ3n) is 2.87. The lowest BCUT2D eigenvalue weighted by Gasteiger charge is -2.08. The van der Waals surface area contributed by atoms with Crippen LogP contribution in [-0.2, 0) is 6.54 Å². The van der Waals surface area contributed by atoms with Crippen molar-refractivity contribution in [3.63, 3.8) is 0 Å². The zero-order valence-electron chi connectivity index (χ0n) is 10.2. The van der Waals surface area contributed by atoms with Crippen molar-refractivity contribution in [2.45, 2.75) is 18.8 Å². The van der Waals surface area contributed by atoms with Crippen LogP contribution < -0.4 is 0 Å². The molecule has 19 heavy (non-hydrogen) atoms. The van der Waals surface area contributed by atoms with Gasteiger partial charge in [-0.05, 0) is 25.1 Å². The molecule has 0 aliphatic heterocycles. The zero-order chi connectivity index (χ0) is 13.4. The first-order valence-electron chi connectivity index (χ1n) is 5.83. The number of thiazole rings is 1. The topological polar surface area (TPSA) is 30.7 Å². The number of hydrogen-bond acceptors (Lipinski definition) is 3. The summed E-state index contributed by atoms with van der Waals surface area (Å²) in [7, 11) is 0. The van der Waals surface area contributed by atoms with Crippen LogP contribution in [0.2, 0.25) is 5.02 Å².